The van der Waals surface area contributed by atoms with Gasteiger partial charge in [-0.2, -0.15) is 0 Å². The number of nitrogens with one attached hydrogen (secondary N) is 3. The molecule has 1 aromatic rings. The van der Waals surface area contributed by atoms with Gasteiger partial charge in [0.05, 0.1) is 26.4 Å². The van der Waals surface area contributed by atoms with Crippen LogP contribution in [0.15, 0.2) is 50.8 Å². The lowest BCUT2D eigenvalue weighted by atomic mass is 10.2. The van der Waals surface area contributed by atoms with Gasteiger partial charge in [-0.1, -0.05) is 45.4 Å². The molecule has 1 rings (SSSR count). The summed E-state index contributed by atoms with van der Waals surface area (Å²) in [5.74, 6) is -5.50. The van der Waals surface area contributed by atoms with Crippen molar-refractivity contribution in [3.63, 3.8) is 0 Å². The molecule has 0 saturated heterocycles. The zero-order chi connectivity index (χ0) is 72.7. The van der Waals surface area contributed by atoms with Gasteiger partial charge in [-0.25, -0.2) is 66.4 Å². The molecule has 0 atom stereocenters. The zero-order valence-corrected chi connectivity index (χ0v) is 57.0. The number of alkyl carbamates (subject to hydrolysis) is 3. The largest absolute Gasteiger partial charge is 0.466 e. The summed E-state index contributed by atoms with van der Waals surface area (Å²) in [4.78, 5) is 184. The average molecular weight is 1400 g/mol. The van der Waals surface area contributed by atoms with E-state index in [-0.39, 0.29) is 147 Å². The third kappa shape index (κ3) is 45.2. The first kappa shape index (κ1) is 86.7. The number of unbranched alkanes of at least 4 members (excludes halogenated alkanes) is 14. The van der Waals surface area contributed by atoms with Crippen molar-refractivity contribution >= 4 is 72.0 Å². The molecule has 0 bridgehead atoms. The van der Waals surface area contributed by atoms with E-state index in [1.807, 2.05) is 0 Å². The van der Waals surface area contributed by atoms with E-state index in [9.17, 15) is 71.9 Å². The lowest BCUT2D eigenvalue weighted by Gasteiger charge is -2.15. The normalized spacial score (nSPS) is 10.6. The molecule has 3 amide bonds. The minimum atomic E-state index is -1.26. The smallest absolute Gasteiger partial charge is 0.409 e. The Hall–Kier alpha value is -9.33. The van der Waals surface area contributed by atoms with Gasteiger partial charge in [0.15, 0.2) is 13.2 Å². The maximum Gasteiger partial charge on any atom is 0.409 e. The van der Waals surface area contributed by atoms with Gasteiger partial charge in [0.25, 0.3) is 0 Å². The number of esters is 9. The molecule has 0 aliphatic carbocycles. The Bertz CT molecular complexity index is 2770. The molecule has 1 heterocycles. The van der Waals surface area contributed by atoms with E-state index in [0.717, 1.165) is 9.13 Å². The molecule has 0 aromatic carbocycles. The topological polar surface area (TPSA) is 418 Å². The van der Waals surface area contributed by atoms with Crippen LogP contribution in [0.2, 0.25) is 0 Å². The zero-order valence-electron chi connectivity index (χ0n) is 57.0. The third-order valence-corrected chi connectivity index (χ3v) is 13.5. The first-order valence-electron chi connectivity index (χ1n) is 33.0. The summed E-state index contributed by atoms with van der Waals surface area (Å²) in [6.45, 7) is 12.4. The predicted molar refractivity (Wildman–Crippen MR) is 346 cm³/mol. The molecule has 0 aliphatic rings. The van der Waals surface area contributed by atoms with Gasteiger partial charge >= 0.3 is 89.1 Å². The molecule has 0 fully saturated rings. The van der Waals surface area contributed by atoms with Gasteiger partial charge in [0, 0.05) is 68.6 Å². The molecule has 552 valence electrons. The molecule has 0 unspecified atom stereocenters. The van der Waals surface area contributed by atoms with E-state index in [2.05, 4.69) is 35.7 Å². The van der Waals surface area contributed by atoms with E-state index in [1.54, 1.807) is 0 Å². The number of amides is 3. The standard InChI is InChI=1S/C65H100N6O27/c1-48(2)57(78)92-42-39-89-53(74)29-15-11-23-35-87-51(72)27-17-13-25-37-95-60(81)66-31-19-7-9-21-33-69-63(84)70(65(86)71(64(69)85)47-68-62(83)98-46-56(77)97-45-55(76)91-41-44-94-59(80)50(5)6)34-22-10-8-20-32-67-61(82)96-38-26-14-18-28-52(73)88-36-24-12-16-30-54(75)90-40-43-93-58(79)49(3)4/h1,3,5,7-47H2,2,4,6H3,(H,66,81)(H,67,82)(H,68,83). The minimum absolute atomic E-state index is 0.0463. The van der Waals surface area contributed by atoms with Crippen LogP contribution in [0, 0.1) is 0 Å². The van der Waals surface area contributed by atoms with Crippen LogP contribution in [0.4, 0.5) is 14.4 Å². The monoisotopic (exact) mass is 1400 g/mol. The van der Waals surface area contributed by atoms with Crippen molar-refractivity contribution < 1.29 is 114 Å². The number of nitrogens with zero attached hydrogens (tertiary/aromatic N) is 3. The van der Waals surface area contributed by atoms with Crippen molar-refractivity contribution in [3.05, 3.63) is 67.9 Å². The van der Waals surface area contributed by atoms with Gasteiger partial charge in [-0.3, -0.25) is 19.2 Å². The van der Waals surface area contributed by atoms with E-state index in [4.69, 9.17) is 56.8 Å². The van der Waals surface area contributed by atoms with Crippen molar-refractivity contribution in [2.45, 2.75) is 195 Å². The van der Waals surface area contributed by atoms with Gasteiger partial charge in [-0.15, -0.1) is 0 Å². The van der Waals surface area contributed by atoms with Crippen LogP contribution in [-0.2, 0) is 120 Å². The molecule has 0 radical (unpaired) electrons. The number of carbonyl (C=O) groups excluding carboxylic acids is 12. The van der Waals surface area contributed by atoms with E-state index < -0.39 is 97.0 Å². The molecular formula is C65H100N6O27. The van der Waals surface area contributed by atoms with Gasteiger partial charge in [0.1, 0.15) is 46.3 Å². The number of aromatic nitrogens is 3. The third-order valence-electron chi connectivity index (χ3n) is 13.5. The number of ether oxygens (including phenoxy) is 12. The van der Waals surface area contributed by atoms with Crippen molar-refractivity contribution in [2.24, 2.45) is 0 Å². The molecule has 1 aromatic heterocycles. The van der Waals surface area contributed by atoms with Crippen LogP contribution in [0.1, 0.15) is 175 Å². The summed E-state index contributed by atoms with van der Waals surface area (Å²) >= 11 is 0. The predicted octanol–water partition coefficient (Wildman–Crippen LogP) is 5.29. The number of hydrogen-bond acceptors (Lipinski definition) is 27. The van der Waals surface area contributed by atoms with Crippen LogP contribution in [0.3, 0.4) is 0 Å². The highest BCUT2D eigenvalue weighted by Crippen LogP contribution is 2.09. The second-order valence-corrected chi connectivity index (χ2v) is 22.2. The number of rotatable bonds is 56. The Morgan fingerprint density at radius 1 is 0.286 bits per heavy atom. The average Bonchev–Trinajstić information content (AvgIpc) is 0.788. The summed E-state index contributed by atoms with van der Waals surface area (Å²) in [6.07, 6.45) is 8.90. The first-order valence-corrected chi connectivity index (χ1v) is 33.0. The molecule has 33 nitrogen and oxygen atoms in total. The second kappa shape index (κ2) is 54.8. The summed E-state index contributed by atoms with van der Waals surface area (Å²) in [6, 6.07) is 0. The first-order chi connectivity index (χ1) is 46.9. The van der Waals surface area contributed by atoms with Crippen molar-refractivity contribution in [1.82, 2.24) is 29.7 Å². The van der Waals surface area contributed by atoms with Gasteiger partial charge < -0.3 is 72.8 Å². The Morgan fingerprint density at radius 3 is 0.929 bits per heavy atom. The van der Waals surface area contributed by atoms with Crippen LogP contribution in [-0.4, -0.2) is 178 Å². The van der Waals surface area contributed by atoms with Gasteiger partial charge in [-0.05, 0) is 124 Å². The fourth-order valence-corrected chi connectivity index (χ4v) is 8.14. The van der Waals surface area contributed by atoms with Crippen LogP contribution < -0.4 is 33.0 Å². The summed E-state index contributed by atoms with van der Waals surface area (Å²) in [7, 11) is 0. The van der Waals surface area contributed by atoms with E-state index in [0.29, 0.717) is 133 Å². The van der Waals surface area contributed by atoms with Crippen molar-refractivity contribution in [2.75, 3.05) is 92.4 Å². The maximum atomic E-state index is 13.7. The Morgan fingerprint density at radius 2 is 0.561 bits per heavy atom. The number of hydrogen-bond donors (Lipinski definition) is 3. The Labute approximate surface area is 569 Å². The molecule has 98 heavy (non-hydrogen) atoms. The molecule has 33 heteroatoms. The van der Waals surface area contributed by atoms with E-state index >= 15 is 0 Å². The highest BCUT2D eigenvalue weighted by Gasteiger charge is 2.19. The Kier molecular flexibility index (Phi) is 48.4. The van der Waals surface area contributed by atoms with Gasteiger partial charge in [0.2, 0.25) is 0 Å². The van der Waals surface area contributed by atoms with E-state index in [1.165, 1.54) is 20.8 Å². The molecule has 3 N–H and O–H groups in total. The SMILES string of the molecule is C=C(C)C(=O)OCCOC(=O)CCCCCOC(=O)CCCCCOC(=O)NCCCCCCn1c(=O)n(CCCCCCNC(=O)OCCCCCC(=O)OCCCCCC(=O)OCCOC(=O)C(=C)C)c(=O)n(CNC(=O)OCC(=O)OCC(=O)OCCOC(=O)C(=C)C)c1=O. The van der Waals surface area contributed by atoms with Crippen molar-refractivity contribution in [1.29, 1.82) is 0 Å². The van der Waals surface area contributed by atoms with Crippen LogP contribution >= 0.6 is 0 Å². The summed E-state index contributed by atoms with van der Waals surface area (Å²) in [5.41, 5.74) is -2.32. The fourth-order valence-electron chi connectivity index (χ4n) is 8.14. The summed E-state index contributed by atoms with van der Waals surface area (Å²) in [5, 5.41) is 7.50. The second-order valence-electron chi connectivity index (χ2n) is 22.2. The number of carbonyl (C=O) groups is 12. The van der Waals surface area contributed by atoms with Crippen LogP contribution in [0.5, 0.6) is 0 Å². The molecule has 0 aliphatic heterocycles. The highest BCUT2D eigenvalue weighted by atomic mass is 16.6. The summed E-state index contributed by atoms with van der Waals surface area (Å²) < 4.78 is 62.1. The molecule has 0 spiro atoms. The van der Waals surface area contributed by atoms with Crippen LogP contribution in [0.25, 0.3) is 0 Å². The van der Waals surface area contributed by atoms with Crippen molar-refractivity contribution in [3.8, 4) is 0 Å². The fraction of sp³-hybridized carbons (Fsp3) is 0.677. The molecule has 0 saturated carbocycles. The lowest BCUT2D eigenvalue weighted by Crippen LogP contribution is -2.56. The maximum absolute atomic E-state index is 13.7. The highest BCUT2D eigenvalue weighted by molar-refractivity contribution is 5.88. The Balaban J connectivity index is 2.54. The quantitative estimate of drug-likeness (QED) is 0.0323. The molecular weight excluding hydrogens is 1300 g/mol. The minimum Gasteiger partial charge on any atom is -0.466 e. The lowest BCUT2D eigenvalue weighted by molar-refractivity contribution is -0.162.